The molecular formula is C31H36N6O. The van der Waals surface area contributed by atoms with Gasteiger partial charge in [-0.05, 0) is 44.2 Å². The highest BCUT2D eigenvalue weighted by atomic mass is 16.1. The monoisotopic (exact) mass is 508 g/mol. The van der Waals surface area contributed by atoms with Crippen LogP contribution in [0.4, 0.5) is 5.82 Å². The number of anilines is 1. The zero-order valence-corrected chi connectivity index (χ0v) is 22.1. The van der Waals surface area contributed by atoms with E-state index in [4.69, 9.17) is 15.0 Å². The zero-order valence-electron chi connectivity index (χ0n) is 22.1. The first-order chi connectivity index (χ1) is 18.6. The van der Waals surface area contributed by atoms with Gasteiger partial charge in [-0.25, -0.2) is 15.0 Å². The molecule has 0 amide bonds. The van der Waals surface area contributed by atoms with Crippen LogP contribution in [0.1, 0.15) is 73.8 Å². The number of likely N-dealkylation sites (tertiary alicyclic amines) is 1. The molecule has 1 N–H and O–H groups in total. The number of aromatic nitrogens is 4. The van der Waals surface area contributed by atoms with E-state index in [1.807, 2.05) is 30.6 Å². The summed E-state index contributed by atoms with van der Waals surface area (Å²) in [5.74, 6) is 1.48. The number of imidazole rings is 1. The first-order valence-corrected chi connectivity index (χ1v) is 14.0. The van der Waals surface area contributed by atoms with Gasteiger partial charge in [0.05, 0.1) is 6.33 Å². The van der Waals surface area contributed by atoms with E-state index >= 15 is 0 Å². The largest absolute Gasteiger partial charge is 0.365 e. The Morgan fingerprint density at radius 1 is 0.947 bits per heavy atom. The Morgan fingerprint density at radius 2 is 1.74 bits per heavy atom. The van der Waals surface area contributed by atoms with Crippen LogP contribution in [0, 0.1) is 0 Å². The van der Waals surface area contributed by atoms with Gasteiger partial charge in [-0.15, -0.1) is 0 Å². The second-order valence-corrected chi connectivity index (χ2v) is 10.8. The Bertz CT molecular complexity index is 1400. The number of carbonyl (C=O) groups is 1. The number of hydrogen-bond acceptors (Lipinski definition) is 6. The molecule has 0 atom stereocenters. The zero-order chi connectivity index (χ0) is 25.9. The van der Waals surface area contributed by atoms with Gasteiger partial charge in [0.25, 0.3) is 0 Å². The van der Waals surface area contributed by atoms with Gasteiger partial charge in [0.1, 0.15) is 5.52 Å². The Labute approximate surface area is 224 Å². The van der Waals surface area contributed by atoms with Crippen molar-refractivity contribution in [2.24, 2.45) is 0 Å². The van der Waals surface area contributed by atoms with Crippen LogP contribution >= 0.6 is 0 Å². The Kier molecular flexibility index (Phi) is 7.18. The summed E-state index contributed by atoms with van der Waals surface area (Å²) < 4.78 is 2.27. The molecule has 0 radical (unpaired) electrons. The number of benzene rings is 2. The number of carbonyl (C=O) groups excluding carboxylic acids is 1. The van der Waals surface area contributed by atoms with E-state index in [-0.39, 0.29) is 5.78 Å². The predicted molar refractivity (Wildman–Crippen MR) is 151 cm³/mol. The number of nitrogens with one attached hydrogen (secondary N) is 1. The number of fused-ring (bicyclic) bond motifs is 1. The van der Waals surface area contributed by atoms with Crippen molar-refractivity contribution < 1.29 is 4.79 Å². The fraction of sp³-hybridized carbons (Fsp3) is 0.419. The summed E-state index contributed by atoms with van der Waals surface area (Å²) in [6.45, 7) is 4.68. The first kappa shape index (κ1) is 24.7. The molecular weight excluding hydrogens is 472 g/mol. The molecule has 2 aliphatic rings. The lowest BCUT2D eigenvalue weighted by molar-refractivity contribution is 0.101. The van der Waals surface area contributed by atoms with Crippen molar-refractivity contribution in [2.75, 3.05) is 18.4 Å². The minimum absolute atomic E-state index is 0.0424. The second kappa shape index (κ2) is 11.0. The minimum atomic E-state index is 0.0424. The maximum Gasteiger partial charge on any atom is 0.166 e. The van der Waals surface area contributed by atoms with Crippen LogP contribution in [-0.4, -0.2) is 49.3 Å². The fourth-order valence-electron chi connectivity index (χ4n) is 5.92. The van der Waals surface area contributed by atoms with Crippen molar-refractivity contribution in [3.05, 3.63) is 72.1 Å². The van der Waals surface area contributed by atoms with E-state index in [9.17, 15) is 4.79 Å². The molecule has 0 spiro atoms. The molecule has 0 unspecified atom stereocenters. The third-order valence-corrected chi connectivity index (χ3v) is 8.09. The summed E-state index contributed by atoms with van der Waals surface area (Å²) in [6.07, 6.45) is 10.2. The normalized spacial score (nSPS) is 17.6. The van der Waals surface area contributed by atoms with Gasteiger partial charge in [0.2, 0.25) is 0 Å². The van der Waals surface area contributed by atoms with Gasteiger partial charge in [-0.3, -0.25) is 9.69 Å². The number of piperidine rings is 1. The lowest BCUT2D eigenvalue weighted by atomic mass is 9.95. The van der Waals surface area contributed by atoms with E-state index in [2.05, 4.69) is 45.1 Å². The van der Waals surface area contributed by atoms with Crippen LogP contribution in [0.25, 0.3) is 22.6 Å². The molecule has 3 heterocycles. The maximum absolute atomic E-state index is 12.1. The molecule has 2 aromatic heterocycles. The third kappa shape index (κ3) is 5.34. The standard InChI is InChI=1S/C31H36N6O/c1-22(38)24-11-8-12-25(19-24)29-34-30(28-31(35-29)37(21-32-28)27-13-6-3-7-14-27)33-26-15-17-36(18-16-26)20-23-9-4-2-5-10-23/h2,4-5,8-12,19,21,26-27H,3,6-7,13-18,20H2,1H3,(H,33,34,35). The van der Waals surface area contributed by atoms with E-state index in [0.29, 0.717) is 23.5 Å². The first-order valence-electron chi connectivity index (χ1n) is 14.0. The topological polar surface area (TPSA) is 75.9 Å². The summed E-state index contributed by atoms with van der Waals surface area (Å²) in [4.78, 5) is 29.4. The summed E-state index contributed by atoms with van der Waals surface area (Å²) in [7, 11) is 0. The highest BCUT2D eigenvalue weighted by molar-refractivity contribution is 5.95. The Hall–Kier alpha value is -3.58. The lowest BCUT2D eigenvalue weighted by Crippen LogP contribution is -2.38. The number of ketones is 1. The average Bonchev–Trinajstić information content (AvgIpc) is 3.40. The van der Waals surface area contributed by atoms with Crippen molar-refractivity contribution in [3.63, 3.8) is 0 Å². The van der Waals surface area contributed by atoms with Crippen molar-refractivity contribution in [1.82, 2.24) is 24.4 Å². The SMILES string of the molecule is CC(=O)c1cccc(-c2nc(NC3CCN(Cc4ccccc4)CC3)c3ncn(C4CCCCC4)c3n2)c1. The lowest BCUT2D eigenvalue weighted by Gasteiger charge is -2.32. The summed E-state index contributed by atoms with van der Waals surface area (Å²) in [6, 6.07) is 19.1. The molecule has 1 aliphatic heterocycles. The summed E-state index contributed by atoms with van der Waals surface area (Å²) >= 11 is 0. The molecule has 0 bridgehead atoms. The minimum Gasteiger partial charge on any atom is -0.365 e. The van der Waals surface area contributed by atoms with Crippen molar-refractivity contribution in [3.8, 4) is 11.4 Å². The number of nitrogens with zero attached hydrogens (tertiary/aromatic N) is 5. The molecule has 1 aliphatic carbocycles. The van der Waals surface area contributed by atoms with Gasteiger partial charge in [0, 0.05) is 42.8 Å². The van der Waals surface area contributed by atoms with Gasteiger partial charge in [-0.1, -0.05) is 67.8 Å². The third-order valence-electron chi connectivity index (χ3n) is 8.09. The van der Waals surface area contributed by atoms with Crippen LogP contribution in [0.5, 0.6) is 0 Å². The quantitative estimate of drug-likeness (QED) is 0.296. The van der Waals surface area contributed by atoms with Crippen LogP contribution in [0.2, 0.25) is 0 Å². The summed E-state index contributed by atoms with van der Waals surface area (Å²) in [5, 5.41) is 3.75. The van der Waals surface area contributed by atoms with Crippen LogP contribution < -0.4 is 5.32 Å². The highest BCUT2D eigenvalue weighted by Crippen LogP contribution is 2.33. The smallest absolute Gasteiger partial charge is 0.166 e. The molecule has 1 saturated carbocycles. The molecule has 196 valence electrons. The molecule has 2 fully saturated rings. The number of rotatable bonds is 7. The van der Waals surface area contributed by atoms with Gasteiger partial charge in [0.15, 0.2) is 23.1 Å². The fourth-order valence-corrected chi connectivity index (χ4v) is 5.92. The highest BCUT2D eigenvalue weighted by Gasteiger charge is 2.24. The van der Waals surface area contributed by atoms with E-state index in [1.54, 1.807) is 6.92 Å². The predicted octanol–water partition coefficient (Wildman–Crippen LogP) is 6.28. The molecule has 6 rings (SSSR count). The van der Waals surface area contributed by atoms with Crippen LogP contribution in [-0.2, 0) is 6.54 Å². The molecule has 7 heteroatoms. The number of Topliss-reactive ketones (excluding diaryl/α,β-unsaturated/α-hetero) is 1. The number of hydrogen-bond donors (Lipinski definition) is 1. The van der Waals surface area contributed by atoms with Crippen molar-refractivity contribution >= 4 is 22.8 Å². The van der Waals surface area contributed by atoms with E-state index < -0.39 is 0 Å². The molecule has 7 nitrogen and oxygen atoms in total. The van der Waals surface area contributed by atoms with Crippen molar-refractivity contribution in [2.45, 2.75) is 70.5 Å². The molecule has 4 aromatic rings. The van der Waals surface area contributed by atoms with Crippen LogP contribution in [0.15, 0.2) is 60.9 Å². The van der Waals surface area contributed by atoms with E-state index in [1.165, 1.54) is 24.8 Å². The van der Waals surface area contributed by atoms with Crippen LogP contribution in [0.3, 0.4) is 0 Å². The second-order valence-electron chi connectivity index (χ2n) is 10.8. The van der Waals surface area contributed by atoms with Crippen molar-refractivity contribution in [1.29, 1.82) is 0 Å². The summed E-state index contributed by atoms with van der Waals surface area (Å²) in [5.41, 5.74) is 4.62. The molecule has 2 aromatic carbocycles. The molecule has 1 saturated heterocycles. The van der Waals surface area contributed by atoms with Gasteiger partial charge in [-0.2, -0.15) is 0 Å². The Morgan fingerprint density at radius 3 is 2.50 bits per heavy atom. The maximum atomic E-state index is 12.1. The van der Waals surface area contributed by atoms with Gasteiger partial charge < -0.3 is 9.88 Å². The average molecular weight is 509 g/mol. The Balaban J connectivity index is 1.28. The van der Waals surface area contributed by atoms with E-state index in [0.717, 1.165) is 67.9 Å². The van der Waals surface area contributed by atoms with Gasteiger partial charge >= 0.3 is 0 Å². The molecule has 38 heavy (non-hydrogen) atoms.